The van der Waals surface area contributed by atoms with Crippen LogP contribution < -0.4 is 20.5 Å². The van der Waals surface area contributed by atoms with E-state index in [2.05, 4.69) is 15.2 Å². The van der Waals surface area contributed by atoms with Gasteiger partial charge in [0.25, 0.3) is 0 Å². The molecule has 0 amide bonds. The van der Waals surface area contributed by atoms with Crippen LogP contribution in [0.25, 0.3) is 0 Å². The molecule has 1 aliphatic rings. The molecule has 0 bridgehead atoms. The highest BCUT2D eigenvalue weighted by molar-refractivity contribution is 14.0. The summed E-state index contributed by atoms with van der Waals surface area (Å²) in [7, 11) is 0. The van der Waals surface area contributed by atoms with Gasteiger partial charge in [-0.05, 0) is 43.7 Å². The number of hydrogen-bond donors (Lipinski definition) is 2. The van der Waals surface area contributed by atoms with E-state index in [0.717, 1.165) is 24.4 Å². The lowest BCUT2D eigenvalue weighted by molar-refractivity contribution is 0.0180. The summed E-state index contributed by atoms with van der Waals surface area (Å²) in [5.74, 6) is 1.41. The Morgan fingerprint density at radius 3 is 2.47 bits per heavy atom. The van der Waals surface area contributed by atoms with Gasteiger partial charge in [0.1, 0.15) is 17.3 Å². The lowest BCUT2D eigenvalue weighted by Crippen LogP contribution is -2.40. The van der Waals surface area contributed by atoms with Crippen LogP contribution >= 0.6 is 24.0 Å². The third-order valence-corrected chi connectivity index (χ3v) is 5.00. The van der Waals surface area contributed by atoms with Crippen molar-refractivity contribution >= 4 is 35.6 Å². The molecule has 9 heteroatoms. The smallest absolute Gasteiger partial charge is 0.193 e. The molecule has 0 aromatic heterocycles. The molecule has 32 heavy (non-hydrogen) atoms. The fourth-order valence-corrected chi connectivity index (χ4v) is 3.51. The van der Waals surface area contributed by atoms with E-state index in [9.17, 15) is 4.39 Å². The Kier molecular flexibility index (Phi) is 11.0. The number of rotatable bonds is 9. The van der Waals surface area contributed by atoms with Gasteiger partial charge in [0.15, 0.2) is 5.96 Å². The van der Waals surface area contributed by atoms with E-state index in [1.807, 2.05) is 32.0 Å². The van der Waals surface area contributed by atoms with Gasteiger partial charge < -0.3 is 25.3 Å². The minimum Gasteiger partial charge on any atom is -0.494 e. The first kappa shape index (κ1) is 26.1. The van der Waals surface area contributed by atoms with E-state index >= 15 is 0 Å². The van der Waals surface area contributed by atoms with Crippen LogP contribution in [0.5, 0.6) is 11.5 Å². The summed E-state index contributed by atoms with van der Waals surface area (Å²) in [6.45, 7) is 8.28. The number of guanidine groups is 1. The van der Waals surface area contributed by atoms with Crippen molar-refractivity contribution in [2.24, 2.45) is 10.7 Å². The summed E-state index contributed by atoms with van der Waals surface area (Å²) in [5, 5.41) is 3.13. The monoisotopic (exact) mass is 558 g/mol. The standard InChI is InChI=1S/C23H31FN4O3.HI/c1-3-30-19-9-10-22(31-4-2)20(15-19)27-23(25)26-16-21(28-11-13-29-14-12-28)17-5-7-18(24)8-6-17;/h5-10,15,21H,3-4,11-14,16H2,1-2H3,(H3,25,26,27);1H. The molecule has 0 saturated carbocycles. The highest BCUT2D eigenvalue weighted by Crippen LogP contribution is 2.29. The number of nitrogens with one attached hydrogen (secondary N) is 1. The molecule has 0 radical (unpaired) electrons. The molecular weight excluding hydrogens is 526 g/mol. The number of nitrogens with zero attached hydrogens (tertiary/aromatic N) is 2. The van der Waals surface area contributed by atoms with Crippen LogP contribution in [-0.4, -0.2) is 56.9 Å². The number of benzene rings is 2. The topological polar surface area (TPSA) is 81.3 Å². The summed E-state index contributed by atoms with van der Waals surface area (Å²) in [5.41, 5.74) is 7.90. The van der Waals surface area contributed by atoms with Crippen molar-refractivity contribution in [1.29, 1.82) is 0 Å². The maximum atomic E-state index is 13.4. The SMILES string of the molecule is CCOc1ccc(OCC)c(NC(N)=NCC(c2ccc(F)cc2)N2CCOCC2)c1.I. The van der Waals surface area contributed by atoms with Crippen molar-refractivity contribution in [3.05, 3.63) is 53.8 Å². The first-order chi connectivity index (χ1) is 15.1. The number of halogens is 2. The van der Waals surface area contributed by atoms with Crippen molar-refractivity contribution in [2.45, 2.75) is 19.9 Å². The second-order valence-corrected chi connectivity index (χ2v) is 7.09. The lowest BCUT2D eigenvalue weighted by Gasteiger charge is -2.34. The average Bonchev–Trinajstić information content (AvgIpc) is 2.78. The number of nitrogens with two attached hydrogens (primary N) is 1. The van der Waals surface area contributed by atoms with E-state index in [1.165, 1.54) is 12.1 Å². The van der Waals surface area contributed by atoms with Gasteiger partial charge in [-0.15, -0.1) is 24.0 Å². The zero-order chi connectivity index (χ0) is 22.1. The van der Waals surface area contributed by atoms with Crippen molar-refractivity contribution in [1.82, 2.24) is 4.90 Å². The summed E-state index contributed by atoms with van der Waals surface area (Å²) in [6, 6.07) is 12.1. The molecule has 2 aromatic rings. The Balaban J connectivity index is 0.00000363. The number of morpholine rings is 1. The molecule has 1 fully saturated rings. The van der Waals surface area contributed by atoms with Crippen molar-refractivity contribution in [3.63, 3.8) is 0 Å². The van der Waals surface area contributed by atoms with Crippen LogP contribution in [0.3, 0.4) is 0 Å². The van der Waals surface area contributed by atoms with Gasteiger partial charge in [0.05, 0.1) is 44.7 Å². The first-order valence-corrected chi connectivity index (χ1v) is 10.6. The molecule has 7 nitrogen and oxygen atoms in total. The number of ether oxygens (including phenoxy) is 3. The van der Waals surface area contributed by atoms with E-state index in [4.69, 9.17) is 19.9 Å². The Hall–Kier alpha value is -2.11. The maximum Gasteiger partial charge on any atom is 0.193 e. The van der Waals surface area contributed by atoms with Crippen LogP contribution in [0, 0.1) is 5.82 Å². The number of hydrogen-bond acceptors (Lipinski definition) is 5. The van der Waals surface area contributed by atoms with Gasteiger partial charge in [-0.3, -0.25) is 9.89 Å². The third kappa shape index (κ3) is 7.49. The zero-order valence-electron chi connectivity index (χ0n) is 18.6. The van der Waals surface area contributed by atoms with Gasteiger partial charge >= 0.3 is 0 Å². The Morgan fingerprint density at radius 1 is 1.12 bits per heavy atom. The summed E-state index contributed by atoms with van der Waals surface area (Å²) < 4.78 is 30.2. The minimum atomic E-state index is -0.258. The molecule has 1 heterocycles. The van der Waals surface area contributed by atoms with Gasteiger partial charge in [-0.25, -0.2) is 4.39 Å². The van der Waals surface area contributed by atoms with Crippen LogP contribution in [0.2, 0.25) is 0 Å². The molecule has 0 spiro atoms. The number of aliphatic imine (C=N–C) groups is 1. The molecule has 0 aliphatic carbocycles. The van der Waals surface area contributed by atoms with Gasteiger partial charge in [0, 0.05) is 19.2 Å². The Bertz CT molecular complexity index is 861. The molecular formula is C23H32FIN4O3. The fraction of sp³-hybridized carbons (Fsp3) is 0.435. The molecule has 1 saturated heterocycles. The van der Waals surface area contributed by atoms with Crippen LogP contribution in [0.15, 0.2) is 47.5 Å². The van der Waals surface area contributed by atoms with Crippen molar-refractivity contribution in [2.75, 3.05) is 51.4 Å². The molecule has 176 valence electrons. The zero-order valence-corrected chi connectivity index (χ0v) is 20.9. The van der Waals surface area contributed by atoms with Gasteiger partial charge in [-0.2, -0.15) is 0 Å². The maximum absolute atomic E-state index is 13.4. The predicted octanol–water partition coefficient (Wildman–Crippen LogP) is 4.04. The predicted molar refractivity (Wildman–Crippen MR) is 136 cm³/mol. The average molecular weight is 558 g/mol. The minimum absolute atomic E-state index is 0. The van der Waals surface area contributed by atoms with Gasteiger partial charge in [0.2, 0.25) is 0 Å². The molecule has 3 rings (SSSR count). The highest BCUT2D eigenvalue weighted by Gasteiger charge is 2.22. The van der Waals surface area contributed by atoms with E-state index < -0.39 is 0 Å². The second-order valence-electron chi connectivity index (χ2n) is 7.09. The van der Waals surface area contributed by atoms with E-state index in [1.54, 1.807) is 12.1 Å². The number of anilines is 1. The Labute approximate surface area is 206 Å². The summed E-state index contributed by atoms with van der Waals surface area (Å²) in [6.07, 6.45) is 0. The van der Waals surface area contributed by atoms with E-state index in [-0.39, 0.29) is 41.8 Å². The molecule has 2 aromatic carbocycles. The molecule has 1 atom stereocenters. The van der Waals surface area contributed by atoms with Crippen molar-refractivity contribution < 1.29 is 18.6 Å². The fourth-order valence-electron chi connectivity index (χ4n) is 3.51. The van der Waals surface area contributed by atoms with Crippen LogP contribution in [0.4, 0.5) is 10.1 Å². The highest BCUT2D eigenvalue weighted by atomic mass is 127. The summed E-state index contributed by atoms with van der Waals surface area (Å²) in [4.78, 5) is 6.87. The normalized spacial score (nSPS) is 15.5. The van der Waals surface area contributed by atoms with E-state index in [0.29, 0.717) is 44.4 Å². The second kappa shape index (κ2) is 13.4. The van der Waals surface area contributed by atoms with Crippen LogP contribution in [-0.2, 0) is 4.74 Å². The molecule has 3 N–H and O–H groups in total. The lowest BCUT2D eigenvalue weighted by atomic mass is 10.0. The van der Waals surface area contributed by atoms with Gasteiger partial charge in [-0.1, -0.05) is 12.1 Å². The molecule has 1 unspecified atom stereocenters. The first-order valence-electron chi connectivity index (χ1n) is 10.6. The van der Waals surface area contributed by atoms with Crippen LogP contribution in [0.1, 0.15) is 25.5 Å². The summed E-state index contributed by atoms with van der Waals surface area (Å²) >= 11 is 0. The van der Waals surface area contributed by atoms with Crippen molar-refractivity contribution in [3.8, 4) is 11.5 Å². The molecule has 1 aliphatic heterocycles. The quantitative estimate of drug-likeness (QED) is 0.275. The largest absolute Gasteiger partial charge is 0.494 e. The third-order valence-electron chi connectivity index (χ3n) is 5.00. The Morgan fingerprint density at radius 2 is 1.81 bits per heavy atom.